The van der Waals surface area contributed by atoms with Gasteiger partial charge in [0.1, 0.15) is 11.6 Å². The van der Waals surface area contributed by atoms with E-state index in [0.29, 0.717) is 5.69 Å². The van der Waals surface area contributed by atoms with Crippen LogP contribution in [-0.4, -0.2) is 25.5 Å². The molecule has 2 rings (SSSR count). The van der Waals surface area contributed by atoms with Crippen LogP contribution in [0.5, 0.6) is 5.75 Å². The predicted molar refractivity (Wildman–Crippen MR) is 99.1 cm³/mol. The lowest BCUT2D eigenvalue weighted by Crippen LogP contribution is -2.33. The fourth-order valence-corrected chi connectivity index (χ4v) is 2.54. The van der Waals surface area contributed by atoms with Gasteiger partial charge in [0.05, 0.1) is 18.7 Å². The molecule has 0 heterocycles. The highest BCUT2D eigenvalue weighted by atomic mass is 35.5. The molecule has 0 spiro atoms. The number of rotatable bonds is 7. The molecule has 5 nitrogen and oxygen atoms in total. The van der Waals surface area contributed by atoms with Gasteiger partial charge in [-0.2, -0.15) is 0 Å². The van der Waals surface area contributed by atoms with Crippen LogP contribution >= 0.6 is 11.6 Å². The van der Waals surface area contributed by atoms with Crippen LogP contribution in [0.25, 0.3) is 0 Å². The van der Waals surface area contributed by atoms with Gasteiger partial charge < -0.3 is 15.4 Å². The highest BCUT2D eigenvalue weighted by molar-refractivity contribution is 6.31. The lowest BCUT2D eigenvalue weighted by molar-refractivity contribution is -0.124. The van der Waals surface area contributed by atoms with E-state index in [4.69, 9.17) is 16.3 Å². The maximum absolute atomic E-state index is 13.1. The van der Waals surface area contributed by atoms with Crippen LogP contribution in [0.3, 0.4) is 0 Å². The monoisotopic (exact) mass is 378 g/mol. The zero-order valence-electron chi connectivity index (χ0n) is 14.5. The number of nitrogens with one attached hydrogen (secondary N) is 2. The van der Waals surface area contributed by atoms with Gasteiger partial charge in [0.25, 0.3) is 0 Å². The average molecular weight is 379 g/mol. The molecular formula is C19H20ClFN2O3. The Morgan fingerprint density at radius 1 is 1.15 bits per heavy atom. The van der Waals surface area contributed by atoms with Crippen molar-refractivity contribution in [3.05, 3.63) is 58.9 Å². The van der Waals surface area contributed by atoms with Gasteiger partial charge in [0, 0.05) is 12.1 Å². The Hall–Kier alpha value is -2.60. The summed E-state index contributed by atoms with van der Waals surface area (Å²) in [5.74, 6) is -0.466. The van der Waals surface area contributed by atoms with Crippen molar-refractivity contribution in [2.24, 2.45) is 0 Å². The van der Waals surface area contributed by atoms with E-state index in [-0.39, 0.29) is 29.8 Å². The zero-order chi connectivity index (χ0) is 19.1. The first kappa shape index (κ1) is 19.7. The first-order chi connectivity index (χ1) is 12.4. The smallest absolute Gasteiger partial charge is 0.243 e. The van der Waals surface area contributed by atoms with Crippen LogP contribution in [0.1, 0.15) is 24.8 Å². The molecule has 2 amide bonds. The van der Waals surface area contributed by atoms with Gasteiger partial charge in [0.15, 0.2) is 0 Å². The third-order valence-corrected chi connectivity index (χ3v) is 4.12. The molecule has 2 aromatic carbocycles. The molecule has 2 aromatic rings. The molecule has 1 atom stereocenters. The van der Waals surface area contributed by atoms with Crippen LogP contribution < -0.4 is 15.4 Å². The molecule has 0 bridgehead atoms. The third kappa shape index (κ3) is 5.74. The summed E-state index contributed by atoms with van der Waals surface area (Å²) in [4.78, 5) is 23.9. The molecule has 0 aliphatic carbocycles. The highest BCUT2D eigenvalue weighted by Gasteiger charge is 2.13. The van der Waals surface area contributed by atoms with Crippen LogP contribution in [-0.2, 0) is 9.59 Å². The maximum Gasteiger partial charge on any atom is 0.243 e. The number of benzene rings is 2. The number of amides is 2. The van der Waals surface area contributed by atoms with E-state index >= 15 is 0 Å². The van der Waals surface area contributed by atoms with E-state index < -0.39 is 11.7 Å². The molecule has 0 aliphatic heterocycles. The Labute approximate surface area is 156 Å². The van der Waals surface area contributed by atoms with Crippen LogP contribution in [0.2, 0.25) is 5.02 Å². The van der Waals surface area contributed by atoms with E-state index in [9.17, 15) is 14.0 Å². The summed E-state index contributed by atoms with van der Waals surface area (Å²) in [6, 6.07) is 11.3. The normalized spacial score (nSPS) is 11.5. The number of ether oxygens (including phenoxy) is 1. The molecule has 7 heteroatoms. The first-order valence-corrected chi connectivity index (χ1v) is 8.42. The zero-order valence-corrected chi connectivity index (χ0v) is 15.3. The van der Waals surface area contributed by atoms with Crippen molar-refractivity contribution in [3.8, 4) is 5.75 Å². The van der Waals surface area contributed by atoms with Crippen molar-refractivity contribution in [3.63, 3.8) is 0 Å². The standard InChI is InChI=1S/C19H20ClFN2O3/c1-12(13-3-6-15(26-2)7-4-13)9-18(24)22-11-19(25)23-14-5-8-17(21)16(20)10-14/h3-8,10,12H,9,11H2,1-2H3,(H,22,24)(H,23,25). The Kier molecular flexibility index (Phi) is 6.97. The van der Waals surface area contributed by atoms with Crippen molar-refractivity contribution < 1.29 is 18.7 Å². The molecule has 26 heavy (non-hydrogen) atoms. The number of carbonyl (C=O) groups excluding carboxylic acids is 2. The number of hydrogen-bond donors (Lipinski definition) is 2. The minimum atomic E-state index is -0.564. The van der Waals surface area contributed by atoms with E-state index in [1.165, 1.54) is 12.1 Å². The van der Waals surface area contributed by atoms with E-state index in [0.717, 1.165) is 17.4 Å². The average Bonchev–Trinajstić information content (AvgIpc) is 2.63. The van der Waals surface area contributed by atoms with Gasteiger partial charge in [0.2, 0.25) is 11.8 Å². The second-order valence-corrected chi connectivity index (χ2v) is 6.24. The fraction of sp³-hybridized carbons (Fsp3) is 0.263. The first-order valence-electron chi connectivity index (χ1n) is 8.04. The number of anilines is 1. The Bertz CT molecular complexity index is 781. The molecule has 1 unspecified atom stereocenters. The van der Waals surface area contributed by atoms with Crippen LogP contribution in [0.15, 0.2) is 42.5 Å². The number of carbonyl (C=O) groups is 2. The predicted octanol–water partition coefficient (Wildman–Crippen LogP) is 3.74. The highest BCUT2D eigenvalue weighted by Crippen LogP contribution is 2.22. The second kappa shape index (κ2) is 9.20. The maximum atomic E-state index is 13.1. The van der Waals surface area contributed by atoms with Gasteiger partial charge in [-0.05, 0) is 41.8 Å². The summed E-state index contributed by atoms with van der Waals surface area (Å²) >= 11 is 5.66. The quantitative estimate of drug-likeness (QED) is 0.771. The fourth-order valence-electron chi connectivity index (χ4n) is 2.36. The Morgan fingerprint density at radius 2 is 1.85 bits per heavy atom. The van der Waals surface area contributed by atoms with E-state index in [1.54, 1.807) is 7.11 Å². The SMILES string of the molecule is COc1ccc(C(C)CC(=O)NCC(=O)Nc2ccc(F)c(Cl)c2)cc1. The van der Waals surface area contributed by atoms with Gasteiger partial charge >= 0.3 is 0 Å². The van der Waals surface area contributed by atoms with Crippen molar-refractivity contribution >= 4 is 29.1 Å². The summed E-state index contributed by atoms with van der Waals surface area (Å²) in [6.45, 7) is 1.76. The third-order valence-electron chi connectivity index (χ3n) is 3.83. The lowest BCUT2D eigenvalue weighted by atomic mass is 9.97. The Morgan fingerprint density at radius 3 is 2.46 bits per heavy atom. The summed E-state index contributed by atoms with van der Waals surface area (Å²) in [5, 5.41) is 5.03. The molecule has 0 aliphatic rings. The summed E-state index contributed by atoms with van der Waals surface area (Å²) in [5.41, 5.74) is 1.37. The molecule has 0 fully saturated rings. The molecule has 2 N–H and O–H groups in total. The minimum Gasteiger partial charge on any atom is -0.497 e. The second-order valence-electron chi connectivity index (χ2n) is 5.83. The topological polar surface area (TPSA) is 67.4 Å². The number of methoxy groups -OCH3 is 1. The Balaban J connectivity index is 1.79. The largest absolute Gasteiger partial charge is 0.497 e. The van der Waals surface area contributed by atoms with Crippen LogP contribution in [0.4, 0.5) is 10.1 Å². The van der Waals surface area contributed by atoms with Gasteiger partial charge in [-0.15, -0.1) is 0 Å². The van der Waals surface area contributed by atoms with Crippen molar-refractivity contribution in [1.29, 1.82) is 0 Å². The minimum absolute atomic E-state index is 0.000118. The van der Waals surface area contributed by atoms with Crippen LogP contribution in [0, 0.1) is 5.82 Å². The van der Waals surface area contributed by atoms with Crippen molar-refractivity contribution in [2.45, 2.75) is 19.3 Å². The summed E-state index contributed by atoms with van der Waals surface area (Å²) < 4.78 is 18.2. The van der Waals surface area contributed by atoms with E-state index in [2.05, 4.69) is 10.6 Å². The van der Waals surface area contributed by atoms with Crippen molar-refractivity contribution in [1.82, 2.24) is 5.32 Å². The van der Waals surface area contributed by atoms with Gasteiger partial charge in [-0.3, -0.25) is 9.59 Å². The van der Waals surface area contributed by atoms with Crippen molar-refractivity contribution in [2.75, 3.05) is 19.0 Å². The van der Waals surface area contributed by atoms with Gasteiger partial charge in [-0.1, -0.05) is 30.7 Å². The molecule has 0 aromatic heterocycles. The molecule has 138 valence electrons. The number of halogens is 2. The summed E-state index contributed by atoms with van der Waals surface area (Å²) in [7, 11) is 1.59. The molecule has 0 radical (unpaired) electrons. The molecule has 0 saturated carbocycles. The van der Waals surface area contributed by atoms with E-state index in [1.807, 2.05) is 31.2 Å². The van der Waals surface area contributed by atoms with Gasteiger partial charge in [-0.25, -0.2) is 4.39 Å². The molecule has 0 saturated heterocycles. The number of hydrogen-bond acceptors (Lipinski definition) is 3. The lowest BCUT2D eigenvalue weighted by Gasteiger charge is -2.13. The summed E-state index contributed by atoms with van der Waals surface area (Å²) in [6.07, 6.45) is 0.252. The molecular weight excluding hydrogens is 359 g/mol.